The average molecular weight is 391 g/mol. The lowest BCUT2D eigenvalue weighted by atomic mass is 10.1. The third-order valence-corrected chi connectivity index (χ3v) is 4.32. The molecule has 29 heavy (non-hydrogen) atoms. The zero-order valence-corrected chi connectivity index (χ0v) is 15.6. The summed E-state index contributed by atoms with van der Waals surface area (Å²) in [7, 11) is 1.60. The minimum absolute atomic E-state index is 0.296. The van der Waals surface area contributed by atoms with Crippen LogP contribution in [0, 0.1) is 5.82 Å². The third kappa shape index (κ3) is 4.32. The fraction of sp³-hybridized carbons (Fsp3) is 0.0952. The molecule has 2 aromatic heterocycles. The molecule has 4 rings (SSSR count). The number of rotatable bonds is 6. The smallest absolute Gasteiger partial charge is 0.274 e. The van der Waals surface area contributed by atoms with Gasteiger partial charge in [0.05, 0.1) is 19.3 Å². The van der Waals surface area contributed by atoms with Crippen LogP contribution in [0.15, 0.2) is 66.9 Å². The predicted molar refractivity (Wildman–Crippen MR) is 106 cm³/mol. The van der Waals surface area contributed by atoms with Crippen LogP contribution in [0.25, 0.3) is 11.3 Å². The number of benzene rings is 2. The number of halogens is 1. The molecule has 146 valence electrons. The average Bonchev–Trinajstić information content (AvgIpc) is 3.38. The van der Waals surface area contributed by atoms with Crippen molar-refractivity contribution in [2.24, 2.45) is 0 Å². The zero-order valence-electron chi connectivity index (χ0n) is 15.6. The predicted octanol–water partition coefficient (Wildman–Crippen LogP) is 3.72. The normalized spacial score (nSPS) is 10.7. The Hall–Kier alpha value is -3.94. The highest BCUT2D eigenvalue weighted by molar-refractivity contribution is 6.02. The molecule has 0 unspecified atom stereocenters. The number of hydrogen-bond donors (Lipinski definition) is 2. The molecule has 0 radical (unpaired) electrons. The molecule has 0 bridgehead atoms. The number of anilines is 1. The van der Waals surface area contributed by atoms with Gasteiger partial charge < -0.3 is 10.1 Å². The largest absolute Gasteiger partial charge is 0.497 e. The Morgan fingerprint density at radius 1 is 1.17 bits per heavy atom. The summed E-state index contributed by atoms with van der Waals surface area (Å²) >= 11 is 0. The summed E-state index contributed by atoms with van der Waals surface area (Å²) < 4.78 is 20.1. The van der Waals surface area contributed by atoms with E-state index in [9.17, 15) is 9.18 Å². The van der Waals surface area contributed by atoms with E-state index < -0.39 is 0 Å². The molecule has 8 heteroatoms. The van der Waals surface area contributed by atoms with Crippen LogP contribution >= 0.6 is 0 Å². The van der Waals surface area contributed by atoms with Crippen molar-refractivity contribution >= 4 is 11.7 Å². The Labute approximate surface area is 166 Å². The fourth-order valence-electron chi connectivity index (χ4n) is 2.87. The minimum atomic E-state index is -0.353. The van der Waals surface area contributed by atoms with Gasteiger partial charge >= 0.3 is 0 Å². The number of H-pyrrole nitrogens is 1. The Kier molecular flexibility index (Phi) is 5.07. The van der Waals surface area contributed by atoms with Gasteiger partial charge in [-0.25, -0.2) is 4.39 Å². The summed E-state index contributed by atoms with van der Waals surface area (Å²) in [6.07, 6.45) is 1.72. The molecule has 0 aliphatic carbocycles. The Balaban J connectivity index is 1.42. The van der Waals surface area contributed by atoms with E-state index in [2.05, 4.69) is 20.6 Å². The van der Waals surface area contributed by atoms with Crippen molar-refractivity contribution in [2.45, 2.75) is 6.54 Å². The summed E-state index contributed by atoms with van der Waals surface area (Å²) in [6.45, 7) is 0.402. The van der Waals surface area contributed by atoms with Crippen molar-refractivity contribution in [1.29, 1.82) is 0 Å². The first-order valence-electron chi connectivity index (χ1n) is 8.90. The van der Waals surface area contributed by atoms with Crippen LogP contribution in [-0.2, 0) is 6.54 Å². The Morgan fingerprint density at radius 2 is 2.00 bits per heavy atom. The Morgan fingerprint density at radius 3 is 2.76 bits per heavy atom. The molecule has 0 atom stereocenters. The topological polar surface area (TPSA) is 84.8 Å². The lowest BCUT2D eigenvalue weighted by molar-refractivity contribution is 0.102. The van der Waals surface area contributed by atoms with E-state index in [1.54, 1.807) is 36.2 Å². The molecule has 2 heterocycles. The van der Waals surface area contributed by atoms with Gasteiger partial charge in [0.1, 0.15) is 17.3 Å². The number of aromatic nitrogens is 4. The summed E-state index contributed by atoms with van der Waals surface area (Å²) in [4.78, 5) is 12.5. The van der Waals surface area contributed by atoms with E-state index in [1.807, 2.05) is 30.3 Å². The molecule has 4 aromatic rings. The van der Waals surface area contributed by atoms with Crippen LogP contribution in [0.5, 0.6) is 5.75 Å². The Bertz CT molecular complexity index is 1130. The first-order chi connectivity index (χ1) is 14.1. The van der Waals surface area contributed by atoms with Gasteiger partial charge in [-0.2, -0.15) is 10.2 Å². The van der Waals surface area contributed by atoms with Crippen molar-refractivity contribution in [3.05, 3.63) is 83.9 Å². The summed E-state index contributed by atoms with van der Waals surface area (Å²) in [5.74, 6) is 0.492. The minimum Gasteiger partial charge on any atom is -0.497 e. The van der Waals surface area contributed by atoms with Crippen LogP contribution in [0.3, 0.4) is 0 Å². The number of carbonyl (C=O) groups excluding carboxylic acids is 1. The highest BCUT2D eigenvalue weighted by atomic mass is 19.1. The molecular formula is C21H18FN5O2. The number of nitrogens with one attached hydrogen (secondary N) is 2. The van der Waals surface area contributed by atoms with Crippen molar-refractivity contribution in [3.63, 3.8) is 0 Å². The van der Waals surface area contributed by atoms with Gasteiger partial charge in [-0.15, -0.1) is 0 Å². The van der Waals surface area contributed by atoms with Crippen molar-refractivity contribution in [2.75, 3.05) is 12.4 Å². The maximum absolute atomic E-state index is 13.3. The van der Waals surface area contributed by atoms with E-state index in [1.165, 1.54) is 12.1 Å². The number of hydrogen-bond acceptors (Lipinski definition) is 4. The molecule has 2 N–H and O–H groups in total. The van der Waals surface area contributed by atoms with E-state index in [0.717, 1.165) is 16.9 Å². The molecule has 0 spiro atoms. The van der Waals surface area contributed by atoms with Gasteiger partial charge in [0.2, 0.25) is 0 Å². The van der Waals surface area contributed by atoms with E-state index >= 15 is 0 Å². The lowest BCUT2D eigenvalue weighted by Crippen LogP contribution is -2.13. The van der Waals surface area contributed by atoms with E-state index in [4.69, 9.17) is 4.74 Å². The molecule has 0 aliphatic heterocycles. The summed E-state index contributed by atoms with van der Waals surface area (Å²) in [5.41, 5.74) is 2.61. The standard InChI is InChI=1S/C21H18FN5O2/c1-29-17-7-5-15(6-8-17)18-12-19(25-24-18)21(28)23-20-9-10-27(26-20)13-14-3-2-4-16(22)11-14/h2-12H,13H2,1H3,(H,24,25)(H,23,26,28). The maximum atomic E-state index is 13.3. The SMILES string of the molecule is COc1ccc(-c2cc(C(=O)Nc3ccn(Cc4cccc(F)c4)n3)[nH]n2)cc1. The van der Waals surface area contributed by atoms with E-state index in [0.29, 0.717) is 23.8 Å². The van der Waals surface area contributed by atoms with Crippen LogP contribution in [-0.4, -0.2) is 33.0 Å². The van der Waals surface area contributed by atoms with Gasteiger partial charge in [0, 0.05) is 17.8 Å². The molecule has 0 saturated carbocycles. The van der Waals surface area contributed by atoms with Gasteiger partial charge in [0.25, 0.3) is 5.91 Å². The van der Waals surface area contributed by atoms with Crippen molar-refractivity contribution < 1.29 is 13.9 Å². The number of ether oxygens (including phenoxy) is 1. The summed E-state index contributed by atoms with van der Waals surface area (Å²) in [6, 6.07) is 17.0. The van der Waals surface area contributed by atoms with Crippen molar-refractivity contribution in [1.82, 2.24) is 20.0 Å². The quantitative estimate of drug-likeness (QED) is 0.525. The molecule has 1 amide bonds. The molecular weight excluding hydrogens is 373 g/mol. The molecule has 7 nitrogen and oxygen atoms in total. The third-order valence-electron chi connectivity index (χ3n) is 4.32. The first kappa shape index (κ1) is 18.4. The number of carbonyl (C=O) groups is 1. The fourth-order valence-corrected chi connectivity index (χ4v) is 2.87. The first-order valence-corrected chi connectivity index (χ1v) is 8.90. The van der Waals surface area contributed by atoms with Crippen LogP contribution < -0.4 is 10.1 Å². The van der Waals surface area contributed by atoms with E-state index in [-0.39, 0.29) is 11.7 Å². The van der Waals surface area contributed by atoms with Gasteiger partial charge in [0.15, 0.2) is 5.82 Å². The summed E-state index contributed by atoms with van der Waals surface area (Å²) in [5, 5.41) is 13.9. The zero-order chi connectivity index (χ0) is 20.2. The highest BCUT2D eigenvalue weighted by Gasteiger charge is 2.13. The van der Waals surface area contributed by atoms with Crippen LogP contribution in [0.2, 0.25) is 0 Å². The van der Waals surface area contributed by atoms with Crippen LogP contribution in [0.4, 0.5) is 10.2 Å². The molecule has 0 aliphatic rings. The monoisotopic (exact) mass is 391 g/mol. The highest BCUT2D eigenvalue weighted by Crippen LogP contribution is 2.21. The van der Waals surface area contributed by atoms with Gasteiger partial charge in [-0.1, -0.05) is 12.1 Å². The second-order valence-electron chi connectivity index (χ2n) is 6.38. The molecule has 0 saturated heterocycles. The second kappa shape index (κ2) is 7.97. The molecule has 2 aromatic carbocycles. The van der Waals surface area contributed by atoms with Gasteiger partial charge in [-0.05, 0) is 48.0 Å². The van der Waals surface area contributed by atoms with Crippen molar-refractivity contribution in [3.8, 4) is 17.0 Å². The number of nitrogens with zero attached hydrogens (tertiary/aromatic N) is 3. The van der Waals surface area contributed by atoms with Crippen LogP contribution in [0.1, 0.15) is 16.1 Å². The lowest BCUT2D eigenvalue weighted by Gasteiger charge is -2.02. The number of amides is 1. The number of aromatic amines is 1. The molecule has 0 fully saturated rings. The number of methoxy groups -OCH3 is 1. The second-order valence-corrected chi connectivity index (χ2v) is 6.38. The van der Waals surface area contributed by atoms with Gasteiger partial charge in [-0.3, -0.25) is 14.6 Å². The maximum Gasteiger partial charge on any atom is 0.274 e.